The van der Waals surface area contributed by atoms with E-state index in [2.05, 4.69) is 20.2 Å². The molecule has 2 rings (SSSR count). The van der Waals surface area contributed by atoms with E-state index in [1.807, 2.05) is 13.1 Å². The molecule has 0 aromatic carbocycles. The Morgan fingerprint density at radius 1 is 1.40 bits per heavy atom. The van der Waals surface area contributed by atoms with Crippen LogP contribution in [0.5, 0.6) is 0 Å². The molecule has 6 heteroatoms. The maximum absolute atomic E-state index is 11.2. The Bertz CT molecular complexity index is 361. The second-order valence-electron chi connectivity index (χ2n) is 3.35. The topological polar surface area (TPSA) is 58.1 Å². The number of hydrogen-bond donors (Lipinski definition) is 1. The van der Waals surface area contributed by atoms with Crippen molar-refractivity contribution in [3.8, 4) is 0 Å². The Morgan fingerprint density at radius 3 is 2.80 bits per heavy atom. The Labute approximate surface area is 91.4 Å². The standard InChI is InChI=1S/C9H14N4OS/c1-10-8-6-9(12-7-11-8)13-2-4-15(14)5-3-13/h6-7H,2-5H2,1H3,(H,10,11,12). The summed E-state index contributed by atoms with van der Waals surface area (Å²) in [7, 11) is 1.19. The fraction of sp³-hybridized carbons (Fsp3) is 0.556. The quantitative estimate of drug-likeness (QED) is 0.774. The smallest absolute Gasteiger partial charge is 0.134 e. The van der Waals surface area contributed by atoms with Gasteiger partial charge >= 0.3 is 0 Å². The summed E-state index contributed by atoms with van der Waals surface area (Å²) >= 11 is 0. The molecule has 1 aromatic rings. The fourth-order valence-electron chi connectivity index (χ4n) is 1.52. The van der Waals surface area contributed by atoms with Gasteiger partial charge in [0.15, 0.2) is 0 Å². The van der Waals surface area contributed by atoms with Crippen molar-refractivity contribution in [1.29, 1.82) is 0 Å². The zero-order valence-electron chi connectivity index (χ0n) is 8.64. The molecular weight excluding hydrogens is 212 g/mol. The monoisotopic (exact) mass is 226 g/mol. The van der Waals surface area contributed by atoms with Crippen LogP contribution in [0.15, 0.2) is 12.4 Å². The molecule has 82 valence electrons. The van der Waals surface area contributed by atoms with Gasteiger partial charge in [0.25, 0.3) is 0 Å². The van der Waals surface area contributed by atoms with Crippen molar-refractivity contribution in [2.24, 2.45) is 0 Å². The van der Waals surface area contributed by atoms with Gasteiger partial charge in [-0.1, -0.05) is 0 Å². The molecule has 5 nitrogen and oxygen atoms in total. The number of rotatable bonds is 2. The zero-order valence-corrected chi connectivity index (χ0v) is 9.46. The molecule has 0 unspecified atom stereocenters. The molecule has 1 aromatic heterocycles. The summed E-state index contributed by atoms with van der Waals surface area (Å²) in [5.74, 6) is 3.19. The Morgan fingerprint density at radius 2 is 2.13 bits per heavy atom. The lowest BCUT2D eigenvalue weighted by molar-refractivity contribution is 0.672. The molecule has 0 saturated carbocycles. The Balaban J connectivity index is 2.11. The van der Waals surface area contributed by atoms with Crippen LogP contribution in [0.1, 0.15) is 0 Å². The maximum atomic E-state index is 11.2. The fourth-order valence-corrected chi connectivity index (χ4v) is 2.58. The number of aromatic nitrogens is 2. The minimum absolute atomic E-state index is 0.643. The van der Waals surface area contributed by atoms with Crippen molar-refractivity contribution >= 4 is 22.4 Å². The number of nitrogens with one attached hydrogen (secondary N) is 1. The Hall–Kier alpha value is -1.17. The summed E-state index contributed by atoms with van der Waals surface area (Å²) in [6.45, 7) is 1.62. The first kappa shape index (κ1) is 10.4. The predicted octanol–water partition coefficient (Wildman–Crippen LogP) is 0.0870. The minimum Gasteiger partial charge on any atom is -0.373 e. The molecule has 1 N–H and O–H groups in total. The molecule has 1 saturated heterocycles. The maximum Gasteiger partial charge on any atom is 0.134 e. The molecule has 1 aliphatic heterocycles. The van der Waals surface area contributed by atoms with Crippen LogP contribution in [0.3, 0.4) is 0 Å². The van der Waals surface area contributed by atoms with Crippen LogP contribution >= 0.6 is 0 Å². The van der Waals surface area contributed by atoms with E-state index in [0.717, 1.165) is 36.2 Å². The summed E-state index contributed by atoms with van der Waals surface area (Å²) in [5.41, 5.74) is 0. The third-order valence-corrected chi connectivity index (χ3v) is 3.69. The molecule has 0 atom stereocenters. The number of nitrogens with zero attached hydrogens (tertiary/aromatic N) is 3. The first-order chi connectivity index (χ1) is 7.29. The number of anilines is 2. The van der Waals surface area contributed by atoms with Gasteiger partial charge in [-0.25, -0.2) is 9.97 Å². The first-order valence-electron chi connectivity index (χ1n) is 4.89. The van der Waals surface area contributed by atoms with Crippen molar-refractivity contribution in [1.82, 2.24) is 9.97 Å². The van der Waals surface area contributed by atoms with Gasteiger partial charge in [-0.15, -0.1) is 0 Å². The van der Waals surface area contributed by atoms with E-state index in [-0.39, 0.29) is 0 Å². The van der Waals surface area contributed by atoms with Crippen LogP contribution in [-0.2, 0) is 10.8 Å². The molecule has 0 radical (unpaired) electrons. The van der Waals surface area contributed by atoms with Gasteiger partial charge in [-0.3, -0.25) is 4.21 Å². The van der Waals surface area contributed by atoms with Crippen LogP contribution in [0.2, 0.25) is 0 Å². The SMILES string of the molecule is CNc1cc(N2CCS(=O)CC2)ncn1. The summed E-state index contributed by atoms with van der Waals surface area (Å²) in [4.78, 5) is 10.4. The lowest BCUT2D eigenvalue weighted by Gasteiger charge is -2.27. The normalized spacial score (nSPS) is 17.8. The number of hydrogen-bond acceptors (Lipinski definition) is 5. The molecule has 1 aliphatic rings. The third kappa shape index (κ3) is 2.44. The Kier molecular flexibility index (Phi) is 3.15. The molecule has 0 spiro atoms. The van der Waals surface area contributed by atoms with Crippen molar-refractivity contribution in [2.45, 2.75) is 0 Å². The van der Waals surface area contributed by atoms with Gasteiger partial charge in [-0.05, 0) is 0 Å². The van der Waals surface area contributed by atoms with Crippen LogP contribution < -0.4 is 10.2 Å². The predicted molar refractivity (Wildman–Crippen MR) is 61.7 cm³/mol. The van der Waals surface area contributed by atoms with Crippen molar-refractivity contribution in [3.63, 3.8) is 0 Å². The summed E-state index contributed by atoms with van der Waals surface area (Å²) in [6, 6.07) is 1.91. The van der Waals surface area contributed by atoms with E-state index in [4.69, 9.17) is 0 Å². The van der Waals surface area contributed by atoms with E-state index >= 15 is 0 Å². The van der Waals surface area contributed by atoms with Gasteiger partial charge in [0.05, 0.1) is 0 Å². The zero-order chi connectivity index (χ0) is 10.7. The third-order valence-electron chi connectivity index (χ3n) is 2.41. The van der Waals surface area contributed by atoms with Gasteiger partial charge in [-0.2, -0.15) is 0 Å². The molecule has 15 heavy (non-hydrogen) atoms. The highest BCUT2D eigenvalue weighted by atomic mass is 32.2. The van der Waals surface area contributed by atoms with Crippen LogP contribution in [0, 0.1) is 0 Å². The first-order valence-corrected chi connectivity index (χ1v) is 6.38. The van der Waals surface area contributed by atoms with Gasteiger partial charge in [0.1, 0.15) is 18.0 Å². The molecule has 0 amide bonds. The van der Waals surface area contributed by atoms with E-state index in [1.54, 1.807) is 6.33 Å². The van der Waals surface area contributed by atoms with Crippen LogP contribution in [0.4, 0.5) is 11.6 Å². The van der Waals surface area contributed by atoms with Crippen molar-refractivity contribution in [2.75, 3.05) is 41.9 Å². The summed E-state index contributed by atoms with van der Waals surface area (Å²) < 4.78 is 11.2. The minimum atomic E-state index is -0.643. The average Bonchev–Trinajstić information content (AvgIpc) is 2.30. The highest BCUT2D eigenvalue weighted by molar-refractivity contribution is 7.85. The lowest BCUT2D eigenvalue weighted by atomic mass is 10.4. The van der Waals surface area contributed by atoms with Crippen molar-refractivity contribution < 1.29 is 4.21 Å². The molecule has 1 fully saturated rings. The van der Waals surface area contributed by atoms with Gasteiger partial charge in [0.2, 0.25) is 0 Å². The average molecular weight is 226 g/mol. The molecule has 0 bridgehead atoms. The van der Waals surface area contributed by atoms with Gasteiger partial charge < -0.3 is 10.2 Å². The second-order valence-corrected chi connectivity index (χ2v) is 5.04. The van der Waals surface area contributed by atoms with Crippen LogP contribution in [-0.4, -0.2) is 45.8 Å². The second kappa shape index (κ2) is 4.57. The molecule has 2 heterocycles. The molecule has 0 aliphatic carbocycles. The summed E-state index contributed by atoms with van der Waals surface area (Å²) in [5, 5.41) is 2.98. The van der Waals surface area contributed by atoms with Crippen LogP contribution in [0.25, 0.3) is 0 Å². The van der Waals surface area contributed by atoms with E-state index < -0.39 is 10.8 Å². The lowest BCUT2D eigenvalue weighted by Crippen LogP contribution is -2.38. The summed E-state index contributed by atoms with van der Waals surface area (Å²) in [6.07, 6.45) is 1.55. The van der Waals surface area contributed by atoms with E-state index in [9.17, 15) is 4.21 Å². The largest absolute Gasteiger partial charge is 0.373 e. The van der Waals surface area contributed by atoms with E-state index in [1.165, 1.54) is 0 Å². The van der Waals surface area contributed by atoms with Crippen molar-refractivity contribution in [3.05, 3.63) is 12.4 Å². The van der Waals surface area contributed by atoms with Gasteiger partial charge in [0, 0.05) is 48.5 Å². The molecular formula is C9H14N4OS. The van der Waals surface area contributed by atoms with E-state index in [0.29, 0.717) is 0 Å². The highest BCUT2D eigenvalue weighted by Crippen LogP contribution is 2.15. The highest BCUT2D eigenvalue weighted by Gasteiger charge is 2.16.